The molecule has 1 fully saturated rings. The number of nitrogens with zero attached hydrogens (tertiary/aromatic N) is 3. The summed E-state index contributed by atoms with van der Waals surface area (Å²) in [7, 11) is 0. The Morgan fingerprint density at radius 3 is 2.54 bits per heavy atom. The van der Waals surface area contributed by atoms with E-state index in [1.807, 2.05) is 42.5 Å². The van der Waals surface area contributed by atoms with Crippen molar-refractivity contribution in [2.24, 2.45) is 0 Å². The minimum absolute atomic E-state index is 0.729. The Labute approximate surface area is 153 Å². The van der Waals surface area contributed by atoms with Gasteiger partial charge in [0.2, 0.25) is 0 Å². The largest absolute Gasteiger partial charge is 0.494 e. The van der Waals surface area contributed by atoms with Crippen LogP contribution in [-0.2, 0) is 4.74 Å². The average Bonchev–Trinajstić information content (AvgIpc) is 2.72. The van der Waals surface area contributed by atoms with Gasteiger partial charge in [-0.15, -0.1) is 0 Å². The zero-order valence-electron chi connectivity index (χ0n) is 15.0. The first-order valence-electron chi connectivity index (χ1n) is 9.18. The van der Waals surface area contributed by atoms with Crippen molar-refractivity contribution in [1.29, 1.82) is 0 Å². The fourth-order valence-electron chi connectivity index (χ4n) is 3.13. The van der Waals surface area contributed by atoms with Crippen molar-refractivity contribution >= 4 is 16.7 Å². The molecule has 0 atom stereocenters. The van der Waals surface area contributed by atoms with Crippen molar-refractivity contribution in [3.05, 3.63) is 48.5 Å². The zero-order valence-corrected chi connectivity index (χ0v) is 15.0. The number of benzene rings is 2. The summed E-state index contributed by atoms with van der Waals surface area (Å²) in [6.07, 6.45) is 0.998. The second-order valence-electron chi connectivity index (χ2n) is 6.36. The normalized spacial score (nSPS) is 14.6. The molecule has 0 radical (unpaired) electrons. The first kappa shape index (κ1) is 16.8. The highest BCUT2D eigenvalue weighted by Crippen LogP contribution is 2.28. The molecule has 26 heavy (non-hydrogen) atoms. The smallest absolute Gasteiger partial charge is 0.162 e. The highest BCUT2D eigenvalue weighted by atomic mass is 16.5. The molecule has 0 unspecified atom stereocenters. The molecule has 4 rings (SSSR count). The van der Waals surface area contributed by atoms with Gasteiger partial charge in [-0.2, -0.15) is 0 Å². The monoisotopic (exact) mass is 349 g/mol. The Hall–Kier alpha value is -2.66. The molecule has 0 bridgehead atoms. The van der Waals surface area contributed by atoms with Crippen LogP contribution in [0.2, 0.25) is 0 Å². The lowest BCUT2D eigenvalue weighted by Gasteiger charge is -2.29. The molecule has 5 nitrogen and oxygen atoms in total. The lowest BCUT2D eigenvalue weighted by Crippen LogP contribution is -2.37. The number of anilines is 1. The lowest BCUT2D eigenvalue weighted by molar-refractivity contribution is 0.122. The molecule has 0 saturated carbocycles. The minimum Gasteiger partial charge on any atom is -0.494 e. The Kier molecular flexibility index (Phi) is 4.97. The number of fused-ring (bicyclic) bond motifs is 1. The van der Waals surface area contributed by atoms with Crippen LogP contribution in [0.5, 0.6) is 5.75 Å². The van der Waals surface area contributed by atoms with E-state index in [0.29, 0.717) is 0 Å². The number of aromatic nitrogens is 2. The molecule has 0 spiro atoms. The molecule has 1 aromatic heterocycles. The summed E-state index contributed by atoms with van der Waals surface area (Å²) in [6, 6.07) is 16.2. The van der Waals surface area contributed by atoms with E-state index in [1.54, 1.807) is 0 Å². The second-order valence-corrected chi connectivity index (χ2v) is 6.36. The van der Waals surface area contributed by atoms with Crippen LogP contribution in [0.1, 0.15) is 13.3 Å². The zero-order chi connectivity index (χ0) is 17.8. The standard InChI is InChI=1S/C21H23N3O2/c1-2-13-26-17-9-7-16(8-10-17)20-22-19-6-4-3-5-18(19)21(23-20)24-11-14-25-15-12-24/h3-10H,2,11-15H2,1H3. The minimum atomic E-state index is 0.729. The molecule has 1 saturated heterocycles. The van der Waals surface area contributed by atoms with Crippen LogP contribution in [0.4, 0.5) is 5.82 Å². The number of ether oxygens (including phenoxy) is 2. The fourth-order valence-corrected chi connectivity index (χ4v) is 3.13. The quantitative estimate of drug-likeness (QED) is 0.699. The second kappa shape index (κ2) is 7.70. The van der Waals surface area contributed by atoms with E-state index in [4.69, 9.17) is 19.4 Å². The van der Waals surface area contributed by atoms with Gasteiger partial charge >= 0.3 is 0 Å². The Morgan fingerprint density at radius 2 is 1.77 bits per heavy atom. The van der Waals surface area contributed by atoms with Crippen LogP contribution in [-0.4, -0.2) is 42.9 Å². The molecule has 5 heteroatoms. The maximum atomic E-state index is 5.67. The first-order chi connectivity index (χ1) is 12.8. The molecule has 1 aliphatic heterocycles. The Morgan fingerprint density at radius 1 is 1.00 bits per heavy atom. The molecule has 2 heterocycles. The third kappa shape index (κ3) is 3.48. The summed E-state index contributed by atoms with van der Waals surface area (Å²) < 4.78 is 11.2. The van der Waals surface area contributed by atoms with E-state index in [2.05, 4.69) is 17.9 Å². The molecule has 1 aliphatic rings. The van der Waals surface area contributed by atoms with Crippen molar-refractivity contribution in [3.63, 3.8) is 0 Å². The molecule has 2 aromatic carbocycles. The maximum Gasteiger partial charge on any atom is 0.162 e. The number of hydrogen-bond acceptors (Lipinski definition) is 5. The lowest BCUT2D eigenvalue weighted by atomic mass is 10.1. The van der Waals surface area contributed by atoms with Gasteiger partial charge in [0.1, 0.15) is 11.6 Å². The van der Waals surface area contributed by atoms with Crippen LogP contribution in [0.25, 0.3) is 22.3 Å². The number of hydrogen-bond donors (Lipinski definition) is 0. The van der Waals surface area contributed by atoms with Crippen molar-refractivity contribution in [3.8, 4) is 17.1 Å². The Balaban J connectivity index is 1.73. The van der Waals surface area contributed by atoms with Crippen LogP contribution < -0.4 is 9.64 Å². The van der Waals surface area contributed by atoms with Gasteiger partial charge < -0.3 is 14.4 Å². The SMILES string of the molecule is CCCOc1ccc(-c2nc(N3CCOCC3)c3ccccc3n2)cc1. The molecule has 0 amide bonds. The summed E-state index contributed by atoms with van der Waals surface area (Å²) in [4.78, 5) is 12.0. The predicted molar refractivity (Wildman–Crippen MR) is 104 cm³/mol. The van der Waals surface area contributed by atoms with Crippen molar-refractivity contribution in [1.82, 2.24) is 9.97 Å². The number of para-hydroxylation sites is 1. The molecule has 0 aliphatic carbocycles. The van der Waals surface area contributed by atoms with Gasteiger partial charge in [0.05, 0.1) is 25.3 Å². The van der Waals surface area contributed by atoms with E-state index in [-0.39, 0.29) is 0 Å². The average molecular weight is 349 g/mol. The summed E-state index contributed by atoms with van der Waals surface area (Å²) in [5.41, 5.74) is 1.96. The predicted octanol–water partition coefficient (Wildman–Crippen LogP) is 3.92. The van der Waals surface area contributed by atoms with Crippen LogP contribution in [0, 0.1) is 0 Å². The van der Waals surface area contributed by atoms with Crippen LogP contribution in [0.15, 0.2) is 48.5 Å². The van der Waals surface area contributed by atoms with Gasteiger partial charge in [-0.25, -0.2) is 9.97 Å². The van der Waals surface area contributed by atoms with E-state index in [1.165, 1.54) is 0 Å². The van der Waals surface area contributed by atoms with Gasteiger partial charge in [0.25, 0.3) is 0 Å². The topological polar surface area (TPSA) is 47.5 Å². The maximum absolute atomic E-state index is 5.67. The van der Waals surface area contributed by atoms with E-state index in [9.17, 15) is 0 Å². The summed E-state index contributed by atoms with van der Waals surface area (Å²) in [5, 5.41) is 1.08. The number of rotatable bonds is 5. The first-order valence-corrected chi connectivity index (χ1v) is 9.18. The molecular weight excluding hydrogens is 326 g/mol. The van der Waals surface area contributed by atoms with Crippen LogP contribution in [0.3, 0.4) is 0 Å². The molecule has 3 aromatic rings. The Bertz CT molecular complexity index is 874. The van der Waals surface area contributed by atoms with Gasteiger partial charge in [-0.1, -0.05) is 19.1 Å². The van der Waals surface area contributed by atoms with Gasteiger partial charge in [-0.3, -0.25) is 0 Å². The highest BCUT2D eigenvalue weighted by molar-refractivity contribution is 5.91. The fraction of sp³-hybridized carbons (Fsp3) is 0.333. The third-order valence-corrected chi connectivity index (χ3v) is 4.48. The number of morpholine rings is 1. The van der Waals surface area contributed by atoms with Gasteiger partial charge in [0, 0.05) is 24.0 Å². The molecule has 0 N–H and O–H groups in total. The van der Waals surface area contributed by atoms with Crippen molar-refractivity contribution < 1.29 is 9.47 Å². The van der Waals surface area contributed by atoms with E-state index in [0.717, 1.165) is 73.2 Å². The van der Waals surface area contributed by atoms with Crippen LogP contribution >= 0.6 is 0 Å². The summed E-state index contributed by atoms with van der Waals surface area (Å²) in [6.45, 7) is 6.00. The highest BCUT2D eigenvalue weighted by Gasteiger charge is 2.17. The third-order valence-electron chi connectivity index (χ3n) is 4.48. The summed E-state index contributed by atoms with van der Waals surface area (Å²) in [5.74, 6) is 2.61. The van der Waals surface area contributed by atoms with E-state index >= 15 is 0 Å². The van der Waals surface area contributed by atoms with Crippen molar-refractivity contribution in [2.75, 3.05) is 37.8 Å². The summed E-state index contributed by atoms with van der Waals surface area (Å²) >= 11 is 0. The molecular formula is C21H23N3O2. The van der Waals surface area contributed by atoms with Gasteiger partial charge in [0.15, 0.2) is 5.82 Å². The van der Waals surface area contributed by atoms with Crippen molar-refractivity contribution in [2.45, 2.75) is 13.3 Å². The molecule has 134 valence electrons. The van der Waals surface area contributed by atoms with E-state index < -0.39 is 0 Å². The van der Waals surface area contributed by atoms with Gasteiger partial charge in [-0.05, 0) is 42.8 Å².